The molecule has 0 unspecified atom stereocenters. The molecule has 0 saturated carbocycles. The van der Waals surface area contributed by atoms with Gasteiger partial charge in [-0.1, -0.05) is 27.2 Å². The Bertz CT molecular complexity index is 952. The summed E-state index contributed by atoms with van der Waals surface area (Å²) < 4.78 is 15.8. The van der Waals surface area contributed by atoms with Crippen molar-refractivity contribution in [3.05, 3.63) is 40.5 Å². The SMILES string of the molecule is CCCc1cc(N2CCNCC2)cc(F)c1C(C)(C)CCN(CC)C(=NC)NC1=C(C=O)CCCN1. The maximum atomic E-state index is 15.8. The van der Waals surface area contributed by atoms with Gasteiger partial charge in [0.1, 0.15) is 17.9 Å². The number of aldehydes is 1. The van der Waals surface area contributed by atoms with Gasteiger partial charge in [-0.2, -0.15) is 0 Å². The fourth-order valence-corrected chi connectivity index (χ4v) is 5.29. The highest BCUT2D eigenvalue weighted by Crippen LogP contribution is 2.36. The summed E-state index contributed by atoms with van der Waals surface area (Å²) in [6.07, 6.45) is 5.25. The van der Waals surface area contributed by atoms with Gasteiger partial charge in [0.25, 0.3) is 0 Å². The van der Waals surface area contributed by atoms with E-state index in [9.17, 15) is 4.79 Å². The van der Waals surface area contributed by atoms with E-state index in [0.29, 0.717) is 0 Å². The maximum Gasteiger partial charge on any atom is 0.199 e. The van der Waals surface area contributed by atoms with E-state index in [0.717, 1.165) is 118 Å². The lowest BCUT2D eigenvalue weighted by atomic mass is 9.77. The van der Waals surface area contributed by atoms with Crippen molar-refractivity contribution in [2.75, 3.05) is 57.8 Å². The Morgan fingerprint density at radius 2 is 2.00 bits per heavy atom. The second-order valence-corrected chi connectivity index (χ2v) is 10.4. The first-order chi connectivity index (χ1) is 17.3. The number of nitrogens with one attached hydrogen (secondary N) is 3. The van der Waals surface area contributed by atoms with Gasteiger partial charge in [-0.05, 0) is 61.3 Å². The number of hydrogen-bond acceptors (Lipinski definition) is 5. The average Bonchev–Trinajstić information content (AvgIpc) is 2.88. The van der Waals surface area contributed by atoms with E-state index in [4.69, 9.17) is 0 Å². The van der Waals surface area contributed by atoms with Crippen molar-refractivity contribution in [2.45, 2.75) is 65.2 Å². The van der Waals surface area contributed by atoms with E-state index in [-0.39, 0.29) is 11.2 Å². The molecule has 0 spiro atoms. The van der Waals surface area contributed by atoms with Crippen LogP contribution in [0.15, 0.2) is 28.5 Å². The number of allylic oxidation sites excluding steroid dienone is 1. The van der Waals surface area contributed by atoms with Gasteiger partial charge in [-0.15, -0.1) is 0 Å². The van der Waals surface area contributed by atoms with Gasteiger partial charge >= 0.3 is 0 Å². The Hall–Kier alpha value is -2.61. The highest BCUT2D eigenvalue weighted by atomic mass is 19.1. The number of piperazine rings is 1. The number of anilines is 1. The molecule has 0 bridgehead atoms. The first-order valence-electron chi connectivity index (χ1n) is 13.5. The number of guanidine groups is 1. The minimum Gasteiger partial charge on any atom is -0.371 e. The highest BCUT2D eigenvalue weighted by molar-refractivity contribution is 5.84. The number of hydrogen-bond donors (Lipinski definition) is 3. The molecule has 7 nitrogen and oxygen atoms in total. The summed E-state index contributed by atoms with van der Waals surface area (Å²) >= 11 is 0. The molecular weight excluding hydrogens is 455 g/mol. The van der Waals surface area contributed by atoms with Crippen LogP contribution in [0.4, 0.5) is 10.1 Å². The van der Waals surface area contributed by atoms with Crippen molar-refractivity contribution in [3.63, 3.8) is 0 Å². The van der Waals surface area contributed by atoms with Crippen LogP contribution in [0.5, 0.6) is 0 Å². The molecule has 0 aromatic heterocycles. The van der Waals surface area contributed by atoms with Gasteiger partial charge in [0.05, 0.1) is 0 Å². The number of carbonyl (C=O) groups is 1. The number of carbonyl (C=O) groups excluding carboxylic acids is 1. The van der Waals surface area contributed by atoms with Gasteiger partial charge in [-0.3, -0.25) is 9.79 Å². The van der Waals surface area contributed by atoms with Crippen molar-refractivity contribution in [2.24, 2.45) is 4.99 Å². The standard InChI is InChI=1S/C28H45FN6O/c1-6-9-21-18-23(35-16-13-31-14-17-35)19-24(29)25(21)28(3,4)11-15-34(7-2)27(30-5)33-26-22(20-36)10-8-12-32-26/h18-20,31-32H,6-17H2,1-5H3,(H,30,33). The quantitative estimate of drug-likeness (QED) is 0.259. The smallest absolute Gasteiger partial charge is 0.199 e. The second-order valence-electron chi connectivity index (χ2n) is 10.4. The number of nitrogens with zero attached hydrogens (tertiary/aromatic N) is 3. The summed E-state index contributed by atoms with van der Waals surface area (Å²) in [5.74, 6) is 1.37. The highest BCUT2D eigenvalue weighted by Gasteiger charge is 2.29. The fourth-order valence-electron chi connectivity index (χ4n) is 5.29. The molecule has 0 aliphatic carbocycles. The lowest BCUT2D eigenvalue weighted by molar-refractivity contribution is -0.105. The molecule has 0 atom stereocenters. The van der Waals surface area contributed by atoms with Crippen molar-refractivity contribution in [3.8, 4) is 0 Å². The molecule has 2 heterocycles. The van der Waals surface area contributed by atoms with Crippen LogP contribution < -0.4 is 20.9 Å². The zero-order valence-corrected chi connectivity index (χ0v) is 22.8. The summed E-state index contributed by atoms with van der Waals surface area (Å²) in [6, 6.07) is 3.96. The van der Waals surface area contributed by atoms with Crippen LogP contribution >= 0.6 is 0 Å². The molecular formula is C28H45FN6O. The zero-order valence-electron chi connectivity index (χ0n) is 22.8. The molecule has 36 heavy (non-hydrogen) atoms. The molecule has 1 saturated heterocycles. The number of aliphatic imine (C=N–C) groups is 1. The van der Waals surface area contributed by atoms with Crippen molar-refractivity contribution < 1.29 is 9.18 Å². The Balaban J connectivity index is 1.79. The summed E-state index contributed by atoms with van der Waals surface area (Å²) in [7, 11) is 1.76. The largest absolute Gasteiger partial charge is 0.371 e. The summed E-state index contributed by atoms with van der Waals surface area (Å²) in [5, 5.41) is 10.0. The number of halogens is 1. The van der Waals surface area contributed by atoms with Crippen LogP contribution in [0.3, 0.4) is 0 Å². The van der Waals surface area contributed by atoms with Crippen LogP contribution in [-0.2, 0) is 16.6 Å². The van der Waals surface area contributed by atoms with Crippen LogP contribution in [0.1, 0.15) is 64.5 Å². The van der Waals surface area contributed by atoms with Gasteiger partial charge in [0.15, 0.2) is 5.96 Å². The molecule has 1 aromatic carbocycles. The van der Waals surface area contributed by atoms with Gasteiger partial charge in [0, 0.05) is 64.1 Å². The molecule has 200 valence electrons. The van der Waals surface area contributed by atoms with Crippen molar-refractivity contribution in [1.29, 1.82) is 0 Å². The normalized spacial score (nSPS) is 17.2. The predicted octanol–water partition coefficient (Wildman–Crippen LogP) is 3.55. The first kappa shape index (κ1) is 28.0. The maximum absolute atomic E-state index is 15.8. The van der Waals surface area contributed by atoms with Crippen LogP contribution in [0, 0.1) is 5.82 Å². The number of benzene rings is 1. The predicted molar refractivity (Wildman–Crippen MR) is 147 cm³/mol. The van der Waals surface area contributed by atoms with Gasteiger partial charge in [0.2, 0.25) is 0 Å². The first-order valence-corrected chi connectivity index (χ1v) is 13.5. The number of rotatable bonds is 10. The minimum absolute atomic E-state index is 0.0998. The van der Waals surface area contributed by atoms with Crippen molar-refractivity contribution >= 4 is 17.9 Å². The van der Waals surface area contributed by atoms with E-state index in [2.05, 4.69) is 64.5 Å². The lowest BCUT2D eigenvalue weighted by Gasteiger charge is -2.35. The lowest BCUT2D eigenvalue weighted by Crippen LogP contribution is -2.46. The topological polar surface area (TPSA) is 72.0 Å². The summed E-state index contributed by atoms with van der Waals surface area (Å²) in [4.78, 5) is 20.4. The molecule has 2 aliphatic rings. The van der Waals surface area contributed by atoms with Gasteiger partial charge < -0.3 is 25.8 Å². The van der Waals surface area contributed by atoms with Crippen LogP contribution in [-0.4, -0.2) is 70.0 Å². The molecule has 0 radical (unpaired) electrons. The Labute approximate surface area is 216 Å². The van der Waals surface area contributed by atoms with E-state index in [1.165, 1.54) is 0 Å². The molecule has 2 aliphatic heterocycles. The fraction of sp³-hybridized carbons (Fsp3) is 0.643. The van der Waals surface area contributed by atoms with Crippen LogP contribution in [0.25, 0.3) is 0 Å². The van der Waals surface area contributed by atoms with E-state index < -0.39 is 0 Å². The summed E-state index contributed by atoms with van der Waals surface area (Å²) in [5.41, 5.74) is 3.35. The molecule has 1 aromatic rings. The molecule has 1 fully saturated rings. The third kappa shape index (κ3) is 6.78. The monoisotopic (exact) mass is 500 g/mol. The van der Waals surface area contributed by atoms with Crippen LogP contribution in [0.2, 0.25) is 0 Å². The third-order valence-corrected chi connectivity index (χ3v) is 7.36. The van der Waals surface area contributed by atoms with E-state index in [1.807, 2.05) is 0 Å². The molecule has 8 heteroatoms. The molecule has 0 amide bonds. The Kier molecular flexibility index (Phi) is 10.2. The van der Waals surface area contributed by atoms with E-state index in [1.54, 1.807) is 13.1 Å². The second kappa shape index (κ2) is 13.1. The average molecular weight is 501 g/mol. The number of aryl methyl sites for hydroxylation is 1. The Morgan fingerprint density at radius 1 is 1.25 bits per heavy atom. The van der Waals surface area contributed by atoms with Gasteiger partial charge in [-0.25, -0.2) is 4.39 Å². The molecule has 3 N–H and O–H groups in total. The summed E-state index contributed by atoms with van der Waals surface area (Å²) in [6.45, 7) is 14.5. The zero-order chi connectivity index (χ0) is 26.1. The third-order valence-electron chi connectivity index (χ3n) is 7.36. The minimum atomic E-state index is -0.348. The van der Waals surface area contributed by atoms with E-state index >= 15 is 4.39 Å². The Morgan fingerprint density at radius 3 is 2.64 bits per heavy atom. The van der Waals surface area contributed by atoms with Crippen molar-refractivity contribution in [1.82, 2.24) is 20.9 Å². The molecule has 3 rings (SSSR count).